The van der Waals surface area contributed by atoms with Crippen molar-refractivity contribution in [2.75, 3.05) is 6.54 Å². The largest absolute Gasteiger partial charge is 0.367 e. The molecule has 2 rings (SSSR count). The lowest BCUT2D eigenvalue weighted by molar-refractivity contribution is 0.957. The first-order valence-corrected chi connectivity index (χ1v) is 3.12. The SMILES string of the molecule is C1=NCCc2c[nH]cc21.Cl.Cl. The van der Waals surface area contributed by atoms with E-state index in [0.717, 1.165) is 13.0 Å². The van der Waals surface area contributed by atoms with Crippen LogP contribution in [0.3, 0.4) is 0 Å². The van der Waals surface area contributed by atoms with Gasteiger partial charge in [0.1, 0.15) is 0 Å². The lowest BCUT2D eigenvalue weighted by Crippen LogP contribution is -1.98. The molecular weight excluding hydrogens is 183 g/mol. The molecule has 0 radical (unpaired) electrons. The second-order valence-electron chi connectivity index (χ2n) is 2.22. The van der Waals surface area contributed by atoms with Gasteiger partial charge in [0.25, 0.3) is 0 Å². The zero-order valence-electron chi connectivity index (χ0n) is 5.91. The standard InChI is InChI=1S/C7H8N2.2ClH/c1-2-8-4-7-5-9-3-6(1)7;;/h3-5,9H,1-2H2;2*1H. The number of nitrogens with zero attached hydrogens (tertiary/aromatic N) is 1. The molecule has 0 spiro atoms. The Hall–Kier alpha value is -0.470. The van der Waals surface area contributed by atoms with Crippen molar-refractivity contribution in [1.82, 2.24) is 4.98 Å². The number of halogens is 2. The van der Waals surface area contributed by atoms with Crippen LogP contribution in [-0.2, 0) is 6.42 Å². The molecule has 0 saturated carbocycles. The highest BCUT2D eigenvalue weighted by Gasteiger charge is 2.03. The normalized spacial score (nSPS) is 12.7. The zero-order chi connectivity index (χ0) is 6.10. The molecule has 1 aliphatic heterocycles. The van der Waals surface area contributed by atoms with Crippen LogP contribution in [0.15, 0.2) is 17.4 Å². The third-order valence-electron chi connectivity index (χ3n) is 1.61. The number of hydrogen-bond acceptors (Lipinski definition) is 1. The van der Waals surface area contributed by atoms with Gasteiger partial charge in [-0.05, 0) is 12.0 Å². The molecule has 11 heavy (non-hydrogen) atoms. The van der Waals surface area contributed by atoms with Crippen LogP contribution in [0, 0.1) is 0 Å². The van der Waals surface area contributed by atoms with E-state index in [1.165, 1.54) is 11.1 Å². The molecule has 4 heteroatoms. The number of aromatic amines is 1. The summed E-state index contributed by atoms with van der Waals surface area (Å²) >= 11 is 0. The minimum atomic E-state index is 0. The molecule has 1 aromatic rings. The van der Waals surface area contributed by atoms with Crippen LogP contribution < -0.4 is 0 Å². The Morgan fingerprint density at radius 1 is 1.27 bits per heavy atom. The topological polar surface area (TPSA) is 28.1 Å². The van der Waals surface area contributed by atoms with Crippen LogP contribution in [0.4, 0.5) is 0 Å². The van der Waals surface area contributed by atoms with Crippen molar-refractivity contribution in [3.05, 3.63) is 23.5 Å². The number of aromatic nitrogens is 1. The van der Waals surface area contributed by atoms with Gasteiger partial charge in [0, 0.05) is 30.7 Å². The van der Waals surface area contributed by atoms with Gasteiger partial charge in [0.15, 0.2) is 0 Å². The molecule has 0 atom stereocenters. The molecule has 2 nitrogen and oxygen atoms in total. The number of aliphatic imine (C=N–C) groups is 1. The number of fused-ring (bicyclic) bond motifs is 1. The fraction of sp³-hybridized carbons (Fsp3) is 0.286. The van der Waals surface area contributed by atoms with Crippen molar-refractivity contribution in [3.63, 3.8) is 0 Å². The molecule has 0 saturated heterocycles. The third kappa shape index (κ3) is 1.98. The van der Waals surface area contributed by atoms with E-state index in [0.29, 0.717) is 0 Å². The number of H-pyrrole nitrogens is 1. The van der Waals surface area contributed by atoms with Crippen molar-refractivity contribution in [1.29, 1.82) is 0 Å². The molecule has 0 aromatic carbocycles. The highest BCUT2D eigenvalue weighted by molar-refractivity contribution is 5.85. The monoisotopic (exact) mass is 192 g/mol. The van der Waals surface area contributed by atoms with E-state index in [2.05, 4.69) is 9.98 Å². The molecule has 1 aliphatic rings. The Morgan fingerprint density at radius 3 is 2.82 bits per heavy atom. The summed E-state index contributed by atoms with van der Waals surface area (Å²) in [5.41, 5.74) is 2.64. The first-order valence-electron chi connectivity index (χ1n) is 3.12. The fourth-order valence-electron chi connectivity index (χ4n) is 1.09. The average molecular weight is 193 g/mol. The van der Waals surface area contributed by atoms with Crippen molar-refractivity contribution < 1.29 is 0 Å². The van der Waals surface area contributed by atoms with E-state index >= 15 is 0 Å². The predicted molar refractivity (Wildman–Crippen MR) is 51.5 cm³/mol. The van der Waals surface area contributed by atoms with E-state index in [1.807, 2.05) is 18.6 Å². The Labute approximate surface area is 77.9 Å². The quantitative estimate of drug-likeness (QED) is 0.651. The van der Waals surface area contributed by atoms with Crippen LogP contribution >= 0.6 is 24.8 Å². The Balaban J connectivity index is 0.000000500. The summed E-state index contributed by atoms with van der Waals surface area (Å²) in [4.78, 5) is 7.19. The summed E-state index contributed by atoms with van der Waals surface area (Å²) in [5.74, 6) is 0. The van der Waals surface area contributed by atoms with Crippen LogP contribution in [-0.4, -0.2) is 17.7 Å². The van der Waals surface area contributed by atoms with Gasteiger partial charge in [-0.2, -0.15) is 0 Å². The van der Waals surface area contributed by atoms with Crippen molar-refractivity contribution in [2.24, 2.45) is 4.99 Å². The minimum absolute atomic E-state index is 0. The Kier molecular flexibility index (Phi) is 4.23. The first-order chi connectivity index (χ1) is 4.47. The van der Waals surface area contributed by atoms with Crippen LogP contribution in [0.2, 0.25) is 0 Å². The maximum absolute atomic E-state index is 4.15. The number of rotatable bonds is 0. The van der Waals surface area contributed by atoms with Gasteiger partial charge in [-0.1, -0.05) is 0 Å². The molecule has 1 N–H and O–H groups in total. The molecule has 0 bridgehead atoms. The van der Waals surface area contributed by atoms with Gasteiger partial charge in [0.05, 0.1) is 0 Å². The minimum Gasteiger partial charge on any atom is -0.367 e. The number of hydrogen-bond donors (Lipinski definition) is 1. The van der Waals surface area contributed by atoms with Gasteiger partial charge in [-0.3, -0.25) is 4.99 Å². The van der Waals surface area contributed by atoms with E-state index in [9.17, 15) is 0 Å². The summed E-state index contributed by atoms with van der Waals surface area (Å²) in [6.07, 6.45) is 7.04. The molecule has 62 valence electrons. The molecule has 0 amide bonds. The smallest absolute Gasteiger partial charge is 0.0430 e. The predicted octanol–water partition coefficient (Wildman–Crippen LogP) is 1.83. The van der Waals surface area contributed by atoms with Crippen LogP contribution in [0.1, 0.15) is 11.1 Å². The maximum atomic E-state index is 4.15. The van der Waals surface area contributed by atoms with Crippen molar-refractivity contribution in [3.8, 4) is 0 Å². The van der Waals surface area contributed by atoms with Gasteiger partial charge in [0.2, 0.25) is 0 Å². The van der Waals surface area contributed by atoms with E-state index < -0.39 is 0 Å². The summed E-state index contributed by atoms with van der Waals surface area (Å²) < 4.78 is 0. The van der Waals surface area contributed by atoms with Crippen molar-refractivity contribution >= 4 is 31.0 Å². The third-order valence-corrected chi connectivity index (χ3v) is 1.61. The molecule has 0 unspecified atom stereocenters. The molecule has 0 aliphatic carbocycles. The van der Waals surface area contributed by atoms with Gasteiger partial charge < -0.3 is 4.98 Å². The van der Waals surface area contributed by atoms with Gasteiger partial charge in [-0.15, -0.1) is 24.8 Å². The summed E-state index contributed by atoms with van der Waals surface area (Å²) in [5, 5.41) is 0. The second-order valence-corrected chi connectivity index (χ2v) is 2.22. The second kappa shape index (κ2) is 4.42. The average Bonchev–Trinajstić information content (AvgIpc) is 2.33. The highest BCUT2D eigenvalue weighted by Crippen LogP contribution is 2.09. The fourth-order valence-corrected chi connectivity index (χ4v) is 1.09. The molecule has 0 fully saturated rings. The van der Waals surface area contributed by atoms with Crippen LogP contribution in [0.25, 0.3) is 0 Å². The maximum Gasteiger partial charge on any atom is 0.0430 e. The molecular formula is C7H10Cl2N2. The highest BCUT2D eigenvalue weighted by atomic mass is 35.5. The summed E-state index contributed by atoms with van der Waals surface area (Å²) in [6.45, 7) is 0.949. The first kappa shape index (κ1) is 10.5. The van der Waals surface area contributed by atoms with Crippen LogP contribution in [0.5, 0.6) is 0 Å². The van der Waals surface area contributed by atoms with E-state index in [4.69, 9.17) is 0 Å². The lowest BCUT2D eigenvalue weighted by Gasteiger charge is -2.00. The molecule has 1 aromatic heterocycles. The zero-order valence-corrected chi connectivity index (χ0v) is 7.54. The van der Waals surface area contributed by atoms with Gasteiger partial charge in [-0.25, -0.2) is 0 Å². The van der Waals surface area contributed by atoms with Gasteiger partial charge >= 0.3 is 0 Å². The van der Waals surface area contributed by atoms with Crippen molar-refractivity contribution in [2.45, 2.75) is 6.42 Å². The van der Waals surface area contributed by atoms with E-state index in [-0.39, 0.29) is 24.8 Å². The summed E-state index contributed by atoms with van der Waals surface area (Å²) in [7, 11) is 0. The number of nitrogens with one attached hydrogen (secondary N) is 1. The Bertz CT molecular complexity index is 242. The summed E-state index contributed by atoms with van der Waals surface area (Å²) in [6, 6.07) is 0. The lowest BCUT2D eigenvalue weighted by atomic mass is 10.1. The Morgan fingerprint density at radius 2 is 2.09 bits per heavy atom. The molecule has 2 heterocycles. The van der Waals surface area contributed by atoms with E-state index in [1.54, 1.807) is 0 Å².